The minimum atomic E-state index is -0.121. The second-order valence-electron chi connectivity index (χ2n) is 5.00. The molecule has 98 valence electrons. The number of carbonyl (C=O) groups excluding carboxylic acids is 1. The Labute approximate surface area is 107 Å². The number of amides is 1. The molecule has 2 atom stereocenters. The average Bonchev–Trinajstić information content (AvgIpc) is 2.39. The second kappa shape index (κ2) is 5.80. The van der Waals surface area contributed by atoms with Crippen LogP contribution in [0.4, 0.5) is 5.82 Å². The highest BCUT2D eigenvalue weighted by atomic mass is 16.2. The Morgan fingerprint density at radius 1 is 1.33 bits per heavy atom. The Balaban J connectivity index is 1.94. The van der Waals surface area contributed by atoms with Crippen LogP contribution in [0.5, 0.6) is 0 Å². The summed E-state index contributed by atoms with van der Waals surface area (Å²) in [6, 6.07) is 3.73. The maximum atomic E-state index is 12.0. The van der Waals surface area contributed by atoms with Crippen LogP contribution in [-0.2, 0) is 0 Å². The zero-order valence-corrected chi connectivity index (χ0v) is 10.9. The number of carbonyl (C=O) groups is 1. The van der Waals surface area contributed by atoms with Crippen molar-refractivity contribution in [3.8, 4) is 0 Å². The summed E-state index contributed by atoms with van der Waals surface area (Å²) in [5, 5.41) is 13.7. The van der Waals surface area contributed by atoms with Crippen molar-refractivity contribution in [2.75, 3.05) is 12.4 Å². The van der Waals surface area contributed by atoms with Crippen molar-refractivity contribution in [3.05, 3.63) is 17.8 Å². The fraction of sp³-hybridized carbons (Fsp3) is 0.615. The maximum absolute atomic E-state index is 12.0. The van der Waals surface area contributed by atoms with E-state index in [1.165, 1.54) is 12.8 Å². The molecule has 5 nitrogen and oxygen atoms in total. The Bertz CT molecular complexity index is 404. The van der Waals surface area contributed by atoms with Gasteiger partial charge in [0, 0.05) is 13.1 Å². The third-order valence-corrected chi connectivity index (χ3v) is 3.42. The Kier molecular flexibility index (Phi) is 4.12. The monoisotopic (exact) mass is 248 g/mol. The van der Waals surface area contributed by atoms with Crippen LogP contribution in [0.3, 0.4) is 0 Å². The lowest BCUT2D eigenvalue weighted by atomic mass is 9.87. The van der Waals surface area contributed by atoms with E-state index >= 15 is 0 Å². The van der Waals surface area contributed by atoms with Gasteiger partial charge >= 0.3 is 0 Å². The summed E-state index contributed by atoms with van der Waals surface area (Å²) in [7, 11) is 1.77. The summed E-state index contributed by atoms with van der Waals surface area (Å²) >= 11 is 0. The molecule has 2 rings (SSSR count). The van der Waals surface area contributed by atoms with E-state index in [0.717, 1.165) is 12.8 Å². The summed E-state index contributed by atoms with van der Waals surface area (Å²) in [5.41, 5.74) is 0.382. The highest BCUT2D eigenvalue weighted by molar-refractivity contribution is 5.92. The predicted molar refractivity (Wildman–Crippen MR) is 70.5 cm³/mol. The van der Waals surface area contributed by atoms with Crippen LogP contribution in [-0.4, -0.2) is 29.2 Å². The third-order valence-electron chi connectivity index (χ3n) is 3.42. The summed E-state index contributed by atoms with van der Waals surface area (Å²) < 4.78 is 0. The summed E-state index contributed by atoms with van der Waals surface area (Å²) in [6.07, 6.45) is 4.59. The molecule has 0 spiro atoms. The van der Waals surface area contributed by atoms with E-state index in [1.54, 1.807) is 19.2 Å². The van der Waals surface area contributed by atoms with Gasteiger partial charge in [-0.3, -0.25) is 4.79 Å². The molecular formula is C13H20N4O. The molecule has 0 saturated heterocycles. The van der Waals surface area contributed by atoms with Crippen molar-refractivity contribution in [1.82, 2.24) is 15.5 Å². The molecule has 2 unspecified atom stereocenters. The molecule has 1 aliphatic carbocycles. The van der Waals surface area contributed by atoms with Gasteiger partial charge in [0.15, 0.2) is 5.69 Å². The lowest BCUT2D eigenvalue weighted by molar-refractivity contribution is 0.0915. The van der Waals surface area contributed by atoms with Crippen molar-refractivity contribution >= 4 is 11.7 Å². The van der Waals surface area contributed by atoms with Crippen molar-refractivity contribution < 1.29 is 4.79 Å². The first-order valence-corrected chi connectivity index (χ1v) is 6.51. The van der Waals surface area contributed by atoms with Gasteiger partial charge in [0.2, 0.25) is 0 Å². The molecule has 2 N–H and O–H groups in total. The van der Waals surface area contributed by atoms with E-state index in [2.05, 4.69) is 27.8 Å². The van der Waals surface area contributed by atoms with Crippen LogP contribution in [0.1, 0.15) is 43.1 Å². The molecule has 0 radical (unpaired) electrons. The molecule has 1 saturated carbocycles. The van der Waals surface area contributed by atoms with Crippen molar-refractivity contribution in [2.45, 2.75) is 38.6 Å². The smallest absolute Gasteiger partial charge is 0.272 e. The van der Waals surface area contributed by atoms with Crippen molar-refractivity contribution in [3.63, 3.8) is 0 Å². The third kappa shape index (κ3) is 3.18. The number of nitrogens with one attached hydrogen (secondary N) is 2. The SMILES string of the molecule is CNc1ccc(C(=O)NC2CCCC(C)C2)nn1. The molecule has 18 heavy (non-hydrogen) atoms. The van der Waals surface area contributed by atoms with Gasteiger partial charge < -0.3 is 10.6 Å². The van der Waals surface area contributed by atoms with Gasteiger partial charge in [0.25, 0.3) is 5.91 Å². The van der Waals surface area contributed by atoms with Crippen LogP contribution >= 0.6 is 0 Å². The Morgan fingerprint density at radius 2 is 2.17 bits per heavy atom. The number of nitrogens with zero attached hydrogens (tertiary/aromatic N) is 2. The quantitative estimate of drug-likeness (QED) is 0.856. The molecule has 1 aromatic rings. The number of anilines is 1. The van der Waals surface area contributed by atoms with E-state index in [-0.39, 0.29) is 11.9 Å². The number of aromatic nitrogens is 2. The molecule has 1 aromatic heterocycles. The molecule has 0 aromatic carbocycles. The fourth-order valence-corrected chi connectivity index (χ4v) is 2.41. The molecular weight excluding hydrogens is 228 g/mol. The number of hydrogen-bond donors (Lipinski definition) is 2. The van der Waals surface area contributed by atoms with E-state index in [4.69, 9.17) is 0 Å². The maximum Gasteiger partial charge on any atom is 0.272 e. The molecule has 1 aliphatic rings. The van der Waals surface area contributed by atoms with E-state index in [9.17, 15) is 4.79 Å². The van der Waals surface area contributed by atoms with E-state index in [0.29, 0.717) is 17.4 Å². The van der Waals surface area contributed by atoms with Crippen LogP contribution < -0.4 is 10.6 Å². The van der Waals surface area contributed by atoms with Crippen LogP contribution in [0.15, 0.2) is 12.1 Å². The second-order valence-corrected chi connectivity index (χ2v) is 5.00. The topological polar surface area (TPSA) is 66.9 Å². The number of rotatable bonds is 3. The van der Waals surface area contributed by atoms with Gasteiger partial charge in [-0.15, -0.1) is 10.2 Å². The molecule has 1 heterocycles. The highest BCUT2D eigenvalue weighted by Crippen LogP contribution is 2.23. The lowest BCUT2D eigenvalue weighted by Crippen LogP contribution is -2.38. The van der Waals surface area contributed by atoms with E-state index in [1.807, 2.05) is 0 Å². The molecule has 1 amide bonds. The summed E-state index contributed by atoms with van der Waals surface area (Å²) in [6.45, 7) is 2.24. The first kappa shape index (κ1) is 12.8. The first-order chi connectivity index (χ1) is 8.69. The van der Waals surface area contributed by atoms with Gasteiger partial charge in [-0.25, -0.2) is 0 Å². The highest BCUT2D eigenvalue weighted by Gasteiger charge is 2.21. The van der Waals surface area contributed by atoms with Crippen LogP contribution in [0.25, 0.3) is 0 Å². The Morgan fingerprint density at radius 3 is 2.78 bits per heavy atom. The van der Waals surface area contributed by atoms with Gasteiger partial charge in [-0.05, 0) is 30.9 Å². The molecule has 0 aliphatic heterocycles. The summed E-state index contributed by atoms with van der Waals surface area (Å²) in [5.74, 6) is 1.24. The molecule has 1 fully saturated rings. The fourth-order valence-electron chi connectivity index (χ4n) is 2.41. The van der Waals surface area contributed by atoms with Gasteiger partial charge in [0.1, 0.15) is 5.82 Å². The lowest BCUT2D eigenvalue weighted by Gasteiger charge is -2.27. The summed E-state index contributed by atoms with van der Waals surface area (Å²) in [4.78, 5) is 12.0. The predicted octanol–water partition coefficient (Wildman–Crippen LogP) is 1.83. The number of hydrogen-bond acceptors (Lipinski definition) is 4. The zero-order chi connectivity index (χ0) is 13.0. The van der Waals surface area contributed by atoms with Crippen molar-refractivity contribution in [2.24, 2.45) is 5.92 Å². The Hall–Kier alpha value is -1.65. The largest absolute Gasteiger partial charge is 0.372 e. The van der Waals surface area contributed by atoms with Crippen LogP contribution in [0, 0.1) is 5.92 Å². The van der Waals surface area contributed by atoms with Crippen molar-refractivity contribution in [1.29, 1.82) is 0 Å². The minimum absolute atomic E-state index is 0.121. The molecule has 5 heteroatoms. The normalized spacial score (nSPS) is 23.4. The minimum Gasteiger partial charge on any atom is -0.372 e. The van der Waals surface area contributed by atoms with E-state index < -0.39 is 0 Å². The first-order valence-electron chi connectivity index (χ1n) is 6.51. The standard InChI is InChI=1S/C13H20N4O/c1-9-4-3-5-10(8-9)15-13(18)11-6-7-12(14-2)17-16-11/h6-7,9-10H,3-5,8H2,1-2H3,(H,14,17)(H,15,18). The average molecular weight is 248 g/mol. The van der Waals surface area contributed by atoms with Crippen LogP contribution in [0.2, 0.25) is 0 Å². The van der Waals surface area contributed by atoms with Gasteiger partial charge in [0.05, 0.1) is 0 Å². The zero-order valence-electron chi connectivity index (χ0n) is 10.9. The molecule has 0 bridgehead atoms. The van der Waals surface area contributed by atoms with Gasteiger partial charge in [-0.2, -0.15) is 0 Å². The van der Waals surface area contributed by atoms with Gasteiger partial charge in [-0.1, -0.05) is 19.8 Å².